The number of carbonyl (C=O) groups excluding carboxylic acids is 9. The molecule has 2 aliphatic heterocycles. The number of likely N-dealkylation sites (N-methyl/N-ethyl adjacent to an activating group) is 4. The van der Waals surface area contributed by atoms with E-state index in [0.29, 0.717) is 37.5 Å². The van der Waals surface area contributed by atoms with Gasteiger partial charge in [0.25, 0.3) is 5.91 Å². The molecule has 2 saturated heterocycles. The van der Waals surface area contributed by atoms with Crippen LogP contribution in [-0.4, -0.2) is 178 Å². The summed E-state index contributed by atoms with van der Waals surface area (Å²) >= 11 is 0. The molecule has 0 saturated carbocycles. The number of rotatable bonds is 16. The van der Waals surface area contributed by atoms with E-state index >= 15 is 0 Å². The van der Waals surface area contributed by atoms with Gasteiger partial charge in [0.15, 0.2) is 12.1 Å². The third-order valence-electron chi connectivity index (χ3n) is 15.9. The molecule has 436 valence electrons. The second-order valence-electron chi connectivity index (χ2n) is 24.5. The van der Waals surface area contributed by atoms with Crippen LogP contribution >= 0.6 is 0 Å². The Balaban J connectivity index is 2.94. The zero-order valence-electron chi connectivity index (χ0n) is 50.3. The quantitative estimate of drug-likeness (QED) is 0.150. The summed E-state index contributed by atoms with van der Waals surface area (Å²) in [7, 11) is 5.68. The fraction of sp³-hybridized carbons (Fsp3) is 0.842. The Hall–Kier alpha value is -4.81. The van der Waals surface area contributed by atoms with E-state index in [4.69, 9.17) is 4.74 Å². The normalized spacial score (nSPS) is 27.5. The number of aliphatic hydroxyl groups is 1. The Morgan fingerprint density at radius 3 is 1.57 bits per heavy atom. The molecule has 76 heavy (non-hydrogen) atoms. The predicted molar refractivity (Wildman–Crippen MR) is 294 cm³/mol. The Kier molecular flexibility index (Phi) is 26.4. The number of nitrogens with zero attached hydrogens (tertiary/aromatic N) is 5. The molecule has 2 rings (SSSR count). The number of hydrogen-bond acceptors (Lipinski definition) is 11. The fourth-order valence-corrected chi connectivity index (χ4v) is 11.1. The number of fused-ring (bicyclic) bond motifs is 1. The average Bonchev–Trinajstić information content (AvgIpc) is 3.82. The van der Waals surface area contributed by atoms with E-state index in [1.54, 1.807) is 41.5 Å². The molecule has 0 bridgehead atoms. The van der Waals surface area contributed by atoms with Gasteiger partial charge in [-0.05, 0) is 100 Å². The van der Waals surface area contributed by atoms with Gasteiger partial charge in [0, 0.05) is 40.7 Å². The third kappa shape index (κ3) is 18.1. The molecule has 13 atom stereocenters. The third-order valence-corrected chi connectivity index (χ3v) is 15.9. The highest BCUT2D eigenvalue weighted by molar-refractivity contribution is 5.98. The van der Waals surface area contributed by atoms with Crippen LogP contribution in [0.3, 0.4) is 0 Å². The SMILES string of the molecule is CC[C@H](C)C[C@H](C)C[C@H](C)C[C@@H]1NC(=O)C(C(C)C)N(C)C(=O)[C@@H]([C@H](C)CC)OC(=O)[C@H](C(C)(C)O)N(C)C(=O)[C@H](CC(C)C)NC(=O)C(C(C)C)N(C)C(=O)[C@H]([C@H](C)CC)NC(=O)[C@@H]2CCCN2C(=O)CN(C)C1=O. The summed E-state index contributed by atoms with van der Waals surface area (Å²) in [6, 6.07) is -8.48. The first kappa shape index (κ1) is 67.3. The van der Waals surface area contributed by atoms with Gasteiger partial charge in [0.1, 0.15) is 36.3 Å². The van der Waals surface area contributed by atoms with Gasteiger partial charge in [0.2, 0.25) is 41.4 Å². The van der Waals surface area contributed by atoms with Gasteiger partial charge in [-0.25, -0.2) is 4.79 Å². The van der Waals surface area contributed by atoms with Crippen LogP contribution in [0.25, 0.3) is 0 Å². The first-order valence-electron chi connectivity index (χ1n) is 28.3. The number of amides is 8. The van der Waals surface area contributed by atoms with Gasteiger partial charge >= 0.3 is 5.97 Å². The molecule has 2 aliphatic rings. The Bertz CT molecular complexity index is 1990. The molecule has 2 unspecified atom stereocenters. The van der Waals surface area contributed by atoms with Crippen molar-refractivity contribution in [3.05, 3.63) is 0 Å². The molecular weight excluding hydrogens is 973 g/mol. The molecule has 2 fully saturated rings. The summed E-state index contributed by atoms with van der Waals surface area (Å²) in [6.07, 6.45) is 3.22. The van der Waals surface area contributed by atoms with Crippen LogP contribution in [0.4, 0.5) is 0 Å². The predicted octanol–water partition coefficient (Wildman–Crippen LogP) is 5.01. The summed E-state index contributed by atoms with van der Waals surface area (Å²) < 4.78 is 6.08. The number of nitrogens with one attached hydrogen (secondary N) is 3. The molecule has 0 aromatic rings. The number of carbonyl (C=O) groups is 9. The van der Waals surface area contributed by atoms with Gasteiger partial charge in [-0.3, -0.25) is 38.4 Å². The smallest absolute Gasteiger partial charge is 0.332 e. The van der Waals surface area contributed by atoms with Crippen molar-refractivity contribution in [2.45, 2.75) is 223 Å². The van der Waals surface area contributed by atoms with E-state index < -0.39 is 137 Å². The summed E-state index contributed by atoms with van der Waals surface area (Å²) in [4.78, 5) is 138. The molecule has 2 heterocycles. The molecule has 8 amide bonds. The summed E-state index contributed by atoms with van der Waals surface area (Å²) in [6.45, 7) is 28.9. The van der Waals surface area contributed by atoms with Gasteiger partial charge in [-0.2, -0.15) is 0 Å². The van der Waals surface area contributed by atoms with Crippen molar-refractivity contribution in [3.63, 3.8) is 0 Å². The molecule has 4 N–H and O–H groups in total. The fourth-order valence-electron chi connectivity index (χ4n) is 11.1. The second-order valence-corrected chi connectivity index (χ2v) is 24.5. The highest BCUT2D eigenvalue weighted by Crippen LogP contribution is 2.28. The highest BCUT2D eigenvalue weighted by Gasteiger charge is 2.47. The van der Waals surface area contributed by atoms with Gasteiger partial charge < -0.3 is 50.3 Å². The maximum absolute atomic E-state index is 14.8. The number of ether oxygens (including phenoxy) is 1. The van der Waals surface area contributed by atoms with Crippen molar-refractivity contribution in [2.75, 3.05) is 41.3 Å². The first-order valence-corrected chi connectivity index (χ1v) is 28.3. The van der Waals surface area contributed by atoms with E-state index in [9.17, 15) is 48.3 Å². The molecule has 0 aromatic carbocycles. The van der Waals surface area contributed by atoms with Crippen molar-refractivity contribution in [1.82, 2.24) is 40.4 Å². The lowest BCUT2D eigenvalue weighted by Gasteiger charge is -2.39. The van der Waals surface area contributed by atoms with Gasteiger partial charge in [-0.15, -0.1) is 0 Å². The maximum Gasteiger partial charge on any atom is 0.332 e. The minimum atomic E-state index is -1.95. The first-order chi connectivity index (χ1) is 35.2. The van der Waals surface area contributed by atoms with Crippen molar-refractivity contribution in [2.24, 2.45) is 47.3 Å². The van der Waals surface area contributed by atoms with Crippen LogP contribution < -0.4 is 16.0 Å². The molecule has 19 nitrogen and oxygen atoms in total. The lowest BCUT2D eigenvalue weighted by Crippen LogP contribution is -2.63. The van der Waals surface area contributed by atoms with Crippen LogP contribution in [0.15, 0.2) is 0 Å². The van der Waals surface area contributed by atoms with Crippen LogP contribution in [0.1, 0.15) is 169 Å². The van der Waals surface area contributed by atoms with Gasteiger partial charge in [0.05, 0.1) is 12.1 Å². The van der Waals surface area contributed by atoms with E-state index in [0.717, 1.165) is 24.2 Å². The number of esters is 1. The molecule has 0 aromatic heterocycles. The zero-order chi connectivity index (χ0) is 58.4. The lowest BCUT2D eigenvalue weighted by molar-refractivity contribution is -0.177. The summed E-state index contributed by atoms with van der Waals surface area (Å²) in [5.41, 5.74) is -1.95. The largest absolute Gasteiger partial charge is 0.450 e. The minimum Gasteiger partial charge on any atom is -0.450 e. The molecule has 19 heteroatoms. The lowest BCUT2D eigenvalue weighted by atomic mass is 9.86. The Morgan fingerprint density at radius 2 is 1.09 bits per heavy atom. The van der Waals surface area contributed by atoms with Crippen molar-refractivity contribution >= 4 is 53.2 Å². The average molecular weight is 1080 g/mol. The van der Waals surface area contributed by atoms with Gasteiger partial charge in [-0.1, -0.05) is 110 Å². The molecule has 0 spiro atoms. The van der Waals surface area contributed by atoms with Crippen molar-refractivity contribution in [3.8, 4) is 0 Å². The van der Waals surface area contributed by atoms with E-state index in [1.165, 1.54) is 61.6 Å². The minimum absolute atomic E-state index is 0.0564. The standard InChI is InChI=1S/C57H102N8O11/c1-21-35(10)28-36(11)29-37(12)30-41-52(70)61(17)31-43(66)65-26-24-25-42(65)49(67)60-44(38(13)22-2)54(72)62(18)45(33(6)7)50(68)58-40(27-32(4)5)53(71)64(20)48(57(15,16)75)56(74)76-47(39(14)23-3)55(73)63(19)46(34(8)9)51(69)59-41/h32-42,44-48,75H,21-31H2,1-20H3,(H,58,68)(H,59,69)(H,60,67)/t35-,36-,37-,38+,39+,40-,41-,42-,44-,45?,46?,47+,48+/m0/s1. The second kappa shape index (κ2) is 29.8. The van der Waals surface area contributed by atoms with Crippen molar-refractivity contribution < 1.29 is 53.0 Å². The molecule has 0 radical (unpaired) electrons. The number of cyclic esters (lactones) is 1. The number of hydrogen-bond donors (Lipinski definition) is 4. The van der Waals surface area contributed by atoms with E-state index in [-0.39, 0.29) is 31.2 Å². The molecule has 0 aliphatic carbocycles. The summed E-state index contributed by atoms with van der Waals surface area (Å²) in [5, 5.41) is 20.4. The van der Waals surface area contributed by atoms with Crippen LogP contribution in [0.5, 0.6) is 0 Å². The Labute approximate surface area is 456 Å². The van der Waals surface area contributed by atoms with Crippen LogP contribution in [-0.2, 0) is 47.9 Å². The topological polar surface area (TPSA) is 235 Å². The maximum atomic E-state index is 14.8. The highest BCUT2D eigenvalue weighted by atomic mass is 16.6. The monoisotopic (exact) mass is 1070 g/mol. The Morgan fingerprint density at radius 1 is 0.592 bits per heavy atom. The van der Waals surface area contributed by atoms with E-state index in [2.05, 4.69) is 36.7 Å². The van der Waals surface area contributed by atoms with Crippen LogP contribution in [0, 0.1) is 47.3 Å². The van der Waals surface area contributed by atoms with E-state index in [1.807, 2.05) is 34.6 Å². The van der Waals surface area contributed by atoms with Crippen molar-refractivity contribution in [1.29, 1.82) is 0 Å². The van der Waals surface area contributed by atoms with Crippen LogP contribution in [0.2, 0.25) is 0 Å². The molecular formula is C57H102N8O11. The zero-order valence-corrected chi connectivity index (χ0v) is 50.3. The summed E-state index contributed by atoms with van der Waals surface area (Å²) in [5.74, 6) is -7.48.